The molecular formula is C23H28N3O3S+. The molecule has 0 spiro atoms. The number of benzene rings is 1. The quantitative estimate of drug-likeness (QED) is 0.473. The molecular weight excluding hydrogens is 398 g/mol. The second-order valence-corrected chi connectivity index (χ2v) is 8.84. The number of pyridine rings is 1. The number of aromatic nitrogens is 1. The van der Waals surface area contributed by atoms with Gasteiger partial charge in [-0.3, -0.25) is 14.9 Å². The number of hydrogen-bond acceptors (Lipinski definition) is 5. The van der Waals surface area contributed by atoms with Crippen LogP contribution in [-0.2, 0) is 24.2 Å². The first-order valence-corrected chi connectivity index (χ1v) is 11.1. The molecule has 158 valence electrons. The number of ether oxygens (including phenoxy) is 1. The first kappa shape index (κ1) is 22.0. The Kier molecular flexibility index (Phi) is 6.92. The zero-order chi connectivity index (χ0) is 21.7. The zero-order valence-corrected chi connectivity index (χ0v) is 18.5. The van der Waals surface area contributed by atoms with E-state index in [0.717, 1.165) is 37.6 Å². The minimum Gasteiger partial charge on any atom is -0.493 e. The summed E-state index contributed by atoms with van der Waals surface area (Å²) in [6.45, 7) is 7.48. The van der Waals surface area contributed by atoms with Crippen molar-refractivity contribution in [1.82, 2.24) is 5.32 Å². The molecule has 1 aliphatic heterocycles. The highest BCUT2D eigenvalue weighted by atomic mass is 32.2. The number of rotatable bonds is 9. The van der Waals surface area contributed by atoms with E-state index in [1.807, 2.05) is 0 Å². The summed E-state index contributed by atoms with van der Waals surface area (Å²) < 4.78 is 7.01. The highest BCUT2D eigenvalue weighted by Crippen LogP contribution is 2.34. The van der Waals surface area contributed by atoms with Gasteiger partial charge in [0.25, 0.3) is 5.24 Å². The van der Waals surface area contributed by atoms with Crippen LogP contribution in [-0.4, -0.2) is 28.2 Å². The molecule has 1 saturated heterocycles. The Morgan fingerprint density at radius 2 is 1.90 bits per heavy atom. The van der Waals surface area contributed by atoms with Crippen molar-refractivity contribution in [3.8, 4) is 5.75 Å². The summed E-state index contributed by atoms with van der Waals surface area (Å²) in [5.74, 6) is 0.265. The van der Waals surface area contributed by atoms with Gasteiger partial charge in [-0.05, 0) is 61.0 Å². The van der Waals surface area contributed by atoms with E-state index < -0.39 is 15.9 Å². The van der Waals surface area contributed by atoms with E-state index in [9.17, 15) is 9.59 Å². The maximum atomic E-state index is 12.1. The number of thioether (sulfide) groups is 1. The monoisotopic (exact) mass is 426 g/mol. The summed E-state index contributed by atoms with van der Waals surface area (Å²) >= 11 is 0.845. The van der Waals surface area contributed by atoms with Gasteiger partial charge in [-0.2, -0.15) is 0 Å². The lowest BCUT2D eigenvalue weighted by Crippen LogP contribution is -2.41. The molecule has 1 unspecified atom stereocenters. The van der Waals surface area contributed by atoms with Crippen molar-refractivity contribution in [1.29, 1.82) is 5.41 Å². The molecule has 1 aromatic heterocycles. The maximum Gasteiger partial charge on any atom is 0.287 e. The largest absolute Gasteiger partial charge is 0.493 e. The molecule has 0 radical (unpaired) electrons. The topological polar surface area (TPSA) is 83.1 Å². The number of imide groups is 1. The van der Waals surface area contributed by atoms with Gasteiger partial charge >= 0.3 is 0 Å². The minimum atomic E-state index is -1.20. The van der Waals surface area contributed by atoms with Crippen LogP contribution in [0.25, 0.3) is 0 Å². The Bertz CT molecular complexity index is 959. The van der Waals surface area contributed by atoms with Gasteiger partial charge in [0.1, 0.15) is 17.0 Å². The smallest absolute Gasteiger partial charge is 0.287 e. The van der Waals surface area contributed by atoms with Crippen LogP contribution in [0.4, 0.5) is 4.79 Å². The van der Waals surface area contributed by atoms with Crippen LogP contribution in [0.5, 0.6) is 5.75 Å². The zero-order valence-electron chi connectivity index (χ0n) is 17.7. The molecule has 3 rings (SSSR count). The lowest BCUT2D eigenvalue weighted by molar-refractivity contribution is -0.704. The molecule has 2 N–H and O–H groups in total. The first-order valence-electron chi connectivity index (χ1n) is 10.2. The molecule has 2 heterocycles. The Balaban J connectivity index is 1.61. The summed E-state index contributed by atoms with van der Waals surface area (Å²) in [4.78, 5) is 23.6. The molecule has 7 heteroatoms. The van der Waals surface area contributed by atoms with Crippen LogP contribution in [0.1, 0.15) is 44.0 Å². The molecule has 1 aliphatic rings. The number of carbonyl (C=O) groups excluding carboxylic acids is 2. The SMILES string of the molecule is CCC[n+]1cc(CC)ccc1CCOc1ccc(C(=N)C2(C)SC(=O)NC2=O)cc1. The average molecular weight is 427 g/mol. The number of aryl methyl sites for hydroxylation is 2. The van der Waals surface area contributed by atoms with E-state index >= 15 is 0 Å². The van der Waals surface area contributed by atoms with Crippen LogP contribution >= 0.6 is 11.8 Å². The predicted molar refractivity (Wildman–Crippen MR) is 118 cm³/mol. The van der Waals surface area contributed by atoms with Crippen molar-refractivity contribution >= 4 is 28.6 Å². The lowest BCUT2D eigenvalue weighted by Gasteiger charge is -2.20. The number of nitrogens with zero attached hydrogens (tertiary/aromatic N) is 1. The van der Waals surface area contributed by atoms with Crippen LogP contribution < -0.4 is 14.6 Å². The Morgan fingerprint density at radius 3 is 2.50 bits per heavy atom. The van der Waals surface area contributed by atoms with Crippen molar-refractivity contribution in [3.63, 3.8) is 0 Å². The van der Waals surface area contributed by atoms with E-state index in [1.165, 1.54) is 11.3 Å². The third-order valence-electron chi connectivity index (χ3n) is 5.25. The summed E-state index contributed by atoms with van der Waals surface area (Å²) in [5, 5.41) is 10.2. The Morgan fingerprint density at radius 1 is 1.17 bits per heavy atom. The summed E-state index contributed by atoms with van der Waals surface area (Å²) in [5.41, 5.74) is 3.28. The van der Waals surface area contributed by atoms with Crippen LogP contribution in [0, 0.1) is 5.41 Å². The molecule has 0 aliphatic carbocycles. The third-order valence-corrected chi connectivity index (χ3v) is 6.33. The van der Waals surface area contributed by atoms with Gasteiger partial charge in [0, 0.05) is 18.1 Å². The van der Waals surface area contributed by atoms with Crippen LogP contribution in [0.2, 0.25) is 0 Å². The van der Waals surface area contributed by atoms with Crippen molar-refractivity contribution in [2.45, 2.75) is 51.3 Å². The highest BCUT2D eigenvalue weighted by Gasteiger charge is 2.47. The maximum absolute atomic E-state index is 12.1. The number of nitrogens with one attached hydrogen (secondary N) is 2. The summed E-state index contributed by atoms with van der Waals surface area (Å²) in [6, 6.07) is 11.5. The Hall–Kier alpha value is -2.67. The standard InChI is InChI=1S/C23H27N3O3S/c1-4-13-26-15-16(5-2)6-9-18(26)12-14-29-19-10-7-17(8-11-19)20(24)23(3)21(27)25-22(28)30-23/h6-11,15,24H,4-5,12-14H2,1-3H3/p+1. The van der Waals surface area contributed by atoms with E-state index in [0.29, 0.717) is 17.9 Å². The fourth-order valence-corrected chi connectivity index (χ4v) is 4.29. The third kappa shape index (κ3) is 4.73. The number of carbonyl (C=O) groups is 2. The minimum absolute atomic E-state index is 0.110. The van der Waals surface area contributed by atoms with Crippen molar-refractivity contribution in [2.24, 2.45) is 0 Å². The Labute approximate surface area is 181 Å². The lowest BCUT2D eigenvalue weighted by atomic mass is 9.96. The average Bonchev–Trinajstić information content (AvgIpc) is 3.01. The van der Waals surface area contributed by atoms with Crippen LogP contribution in [0.15, 0.2) is 42.6 Å². The fourth-order valence-electron chi connectivity index (χ4n) is 3.41. The molecule has 1 atom stereocenters. The predicted octanol–water partition coefficient (Wildman–Crippen LogP) is 3.68. The van der Waals surface area contributed by atoms with E-state index in [-0.39, 0.29) is 5.71 Å². The first-order chi connectivity index (χ1) is 14.4. The molecule has 1 aromatic carbocycles. The van der Waals surface area contributed by atoms with Crippen LogP contribution in [0.3, 0.4) is 0 Å². The van der Waals surface area contributed by atoms with Gasteiger partial charge < -0.3 is 10.1 Å². The van der Waals surface area contributed by atoms with Gasteiger partial charge in [0.05, 0.1) is 18.7 Å². The van der Waals surface area contributed by atoms with Gasteiger partial charge in [0.2, 0.25) is 5.91 Å². The molecule has 2 aromatic rings. The van der Waals surface area contributed by atoms with Gasteiger partial charge in [-0.15, -0.1) is 0 Å². The molecule has 6 nitrogen and oxygen atoms in total. The normalized spacial score (nSPS) is 18.4. The van der Waals surface area contributed by atoms with E-state index in [2.05, 4.69) is 42.1 Å². The summed E-state index contributed by atoms with van der Waals surface area (Å²) in [7, 11) is 0. The molecule has 0 saturated carbocycles. The van der Waals surface area contributed by atoms with Crippen molar-refractivity contribution in [2.75, 3.05) is 6.61 Å². The van der Waals surface area contributed by atoms with Crippen molar-refractivity contribution in [3.05, 3.63) is 59.4 Å². The summed E-state index contributed by atoms with van der Waals surface area (Å²) in [6.07, 6.45) is 5.13. The fraction of sp³-hybridized carbons (Fsp3) is 0.391. The molecule has 2 amide bonds. The molecule has 30 heavy (non-hydrogen) atoms. The molecule has 0 bridgehead atoms. The number of amides is 2. The van der Waals surface area contributed by atoms with Gasteiger partial charge in [-0.25, -0.2) is 4.57 Å². The molecule has 1 fully saturated rings. The van der Waals surface area contributed by atoms with Gasteiger partial charge in [-0.1, -0.05) is 13.8 Å². The second-order valence-electron chi connectivity index (χ2n) is 7.45. The van der Waals surface area contributed by atoms with E-state index in [1.54, 1.807) is 31.2 Å². The van der Waals surface area contributed by atoms with Gasteiger partial charge in [0.15, 0.2) is 11.9 Å². The number of hydrogen-bond donors (Lipinski definition) is 2. The van der Waals surface area contributed by atoms with Crippen molar-refractivity contribution < 1.29 is 18.9 Å². The second kappa shape index (κ2) is 9.43. The van der Waals surface area contributed by atoms with E-state index in [4.69, 9.17) is 10.1 Å². The highest BCUT2D eigenvalue weighted by molar-refractivity contribution is 8.16.